The second-order valence-electron chi connectivity index (χ2n) is 6.54. The van der Waals surface area contributed by atoms with Gasteiger partial charge in [-0.3, -0.25) is 4.79 Å². The van der Waals surface area contributed by atoms with Crippen molar-refractivity contribution in [3.8, 4) is 0 Å². The number of benzene rings is 1. The van der Waals surface area contributed by atoms with Crippen molar-refractivity contribution >= 4 is 22.9 Å². The number of carbonyl (C=O) groups is 2. The number of aromatic nitrogens is 1. The number of piperazine rings is 1. The van der Waals surface area contributed by atoms with Gasteiger partial charge in [0.2, 0.25) is 0 Å². The van der Waals surface area contributed by atoms with Crippen LogP contribution < -0.4 is 5.32 Å². The van der Waals surface area contributed by atoms with E-state index >= 15 is 0 Å². The van der Waals surface area contributed by atoms with Crippen molar-refractivity contribution in [1.29, 1.82) is 0 Å². The molecule has 2 aromatic heterocycles. The number of fused-ring (bicyclic) bond motifs is 1. The van der Waals surface area contributed by atoms with Crippen molar-refractivity contribution in [2.75, 3.05) is 26.2 Å². The molecule has 3 heterocycles. The third-order valence-corrected chi connectivity index (χ3v) is 4.69. The first-order valence-corrected chi connectivity index (χ1v) is 8.82. The van der Waals surface area contributed by atoms with Crippen LogP contribution >= 0.6 is 0 Å². The molecule has 8 nitrogen and oxygen atoms in total. The summed E-state index contributed by atoms with van der Waals surface area (Å²) in [5.74, 6) is 0.172. The first kappa shape index (κ1) is 17.1. The van der Waals surface area contributed by atoms with Crippen molar-refractivity contribution < 1.29 is 18.5 Å². The third kappa shape index (κ3) is 3.51. The normalized spacial score (nSPS) is 14.6. The number of nitrogens with one attached hydrogen (secondary N) is 1. The molecule has 3 aromatic rings. The fourth-order valence-electron chi connectivity index (χ4n) is 3.17. The monoisotopic (exact) mass is 368 g/mol. The standard InChI is InChI=1S/C19H20N4O4/c1-13-4-5-16-14(11-13)15(21-27-16)12-20-19(25)23-8-6-22(7-9-23)18(24)17-3-2-10-26-17/h2-5,10-11H,6-9,12H2,1H3,(H,20,25). The number of rotatable bonds is 3. The molecule has 8 heteroatoms. The highest BCUT2D eigenvalue weighted by molar-refractivity contribution is 5.91. The summed E-state index contributed by atoms with van der Waals surface area (Å²) in [6, 6.07) is 8.98. The minimum absolute atomic E-state index is 0.149. The van der Waals surface area contributed by atoms with Gasteiger partial charge in [0.05, 0.1) is 12.8 Å². The van der Waals surface area contributed by atoms with E-state index in [1.54, 1.807) is 21.9 Å². The molecule has 4 rings (SSSR count). The molecular formula is C19H20N4O4. The summed E-state index contributed by atoms with van der Waals surface area (Å²) in [5.41, 5.74) is 2.51. The topological polar surface area (TPSA) is 91.8 Å². The summed E-state index contributed by atoms with van der Waals surface area (Å²) in [4.78, 5) is 28.1. The number of carbonyl (C=O) groups excluding carboxylic acids is 2. The molecule has 1 aromatic carbocycles. The van der Waals surface area contributed by atoms with Gasteiger partial charge in [0, 0.05) is 31.6 Å². The molecule has 140 valence electrons. The second-order valence-corrected chi connectivity index (χ2v) is 6.54. The minimum Gasteiger partial charge on any atom is -0.459 e. The number of nitrogens with zero attached hydrogens (tertiary/aromatic N) is 3. The lowest BCUT2D eigenvalue weighted by Crippen LogP contribution is -2.53. The molecule has 0 unspecified atom stereocenters. The van der Waals surface area contributed by atoms with Crippen LogP contribution in [0, 0.1) is 6.92 Å². The highest BCUT2D eigenvalue weighted by Crippen LogP contribution is 2.19. The highest BCUT2D eigenvalue weighted by atomic mass is 16.5. The molecule has 0 bridgehead atoms. The van der Waals surface area contributed by atoms with Crippen LogP contribution in [0.15, 0.2) is 45.5 Å². The Morgan fingerprint density at radius 1 is 1.15 bits per heavy atom. The lowest BCUT2D eigenvalue weighted by atomic mass is 10.1. The summed E-state index contributed by atoms with van der Waals surface area (Å²) >= 11 is 0. The van der Waals surface area contributed by atoms with E-state index in [0.29, 0.717) is 49.8 Å². The van der Waals surface area contributed by atoms with E-state index in [1.807, 2.05) is 25.1 Å². The molecule has 0 spiro atoms. The molecule has 1 aliphatic rings. The Morgan fingerprint density at radius 2 is 1.93 bits per heavy atom. The average molecular weight is 368 g/mol. The highest BCUT2D eigenvalue weighted by Gasteiger charge is 2.26. The van der Waals surface area contributed by atoms with Gasteiger partial charge in [-0.15, -0.1) is 0 Å². The molecule has 1 N–H and O–H groups in total. The lowest BCUT2D eigenvalue weighted by molar-refractivity contribution is 0.0634. The maximum absolute atomic E-state index is 12.4. The van der Waals surface area contributed by atoms with E-state index < -0.39 is 0 Å². The maximum atomic E-state index is 12.4. The molecule has 0 atom stereocenters. The molecule has 0 saturated carbocycles. The summed E-state index contributed by atoms with van der Waals surface area (Å²) in [5, 5.41) is 7.83. The van der Waals surface area contributed by atoms with Gasteiger partial charge in [0.1, 0.15) is 5.69 Å². The number of hydrogen-bond acceptors (Lipinski definition) is 5. The van der Waals surface area contributed by atoms with Gasteiger partial charge in [-0.1, -0.05) is 16.8 Å². The van der Waals surface area contributed by atoms with Crippen LogP contribution in [0.1, 0.15) is 21.8 Å². The fourth-order valence-corrected chi connectivity index (χ4v) is 3.17. The van der Waals surface area contributed by atoms with E-state index in [9.17, 15) is 9.59 Å². The molecule has 1 aliphatic heterocycles. The van der Waals surface area contributed by atoms with Gasteiger partial charge in [0.15, 0.2) is 11.3 Å². The van der Waals surface area contributed by atoms with E-state index in [0.717, 1.165) is 10.9 Å². The van der Waals surface area contributed by atoms with Crippen molar-refractivity contribution in [2.24, 2.45) is 0 Å². The summed E-state index contributed by atoms with van der Waals surface area (Å²) in [7, 11) is 0. The summed E-state index contributed by atoms with van der Waals surface area (Å²) in [6.07, 6.45) is 1.48. The van der Waals surface area contributed by atoms with Gasteiger partial charge in [-0.05, 0) is 31.2 Å². The average Bonchev–Trinajstić information content (AvgIpc) is 3.35. The fraction of sp³-hybridized carbons (Fsp3) is 0.316. The van der Waals surface area contributed by atoms with Crippen LogP contribution in [-0.2, 0) is 6.54 Å². The van der Waals surface area contributed by atoms with Crippen LogP contribution in [-0.4, -0.2) is 53.1 Å². The van der Waals surface area contributed by atoms with Crippen LogP contribution in [0.5, 0.6) is 0 Å². The SMILES string of the molecule is Cc1ccc2onc(CNC(=O)N3CCN(C(=O)c4ccco4)CC3)c2c1. The predicted octanol–water partition coefficient (Wildman–Crippen LogP) is 2.40. The predicted molar refractivity (Wildman–Crippen MR) is 97.2 cm³/mol. The molecule has 3 amide bonds. The Bertz CT molecular complexity index is 955. The zero-order valence-electron chi connectivity index (χ0n) is 15.0. The van der Waals surface area contributed by atoms with E-state index in [4.69, 9.17) is 8.94 Å². The third-order valence-electron chi connectivity index (χ3n) is 4.69. The Balaban J connectivity index is 1.32. The molecule has 27 heavy (non-hydrogen) atoms. The number of aryl methyl sites for hydroxylation is 1. The molecule has 1 saturated heterocycles. The largest absolute Gasteiger partial charge is 0.459 e. The van der Waals surface area contributed by atoms with Crippen LogP contribution in [0.4, 0.5) is 4.79 Å². The maximum Gasteiger partial charge on any atom is 0.317 e. The number of amides is 3. The van der Waals surface area contributed by atoms with Crippen molar-refractivity contribution in [2.45, 2.75) is 13.5 Å². The van der Waals surface area contributed by atoms with Crippen LogP contribution in [0.3, 0.4) is 0 Å². The number of urea groups is 1. The summed E-state index contributed by atoms with van der Waals surface area (Å²) < 4.78 is 10.4. The summed E-state index contributed by atoms with van der Waals surface area (Å²) in [6.45, 7) is 4.17. The molecular weight excluding hydrogens is 348 g/mol. The zero-order valence-corrected chi connectivity index (χ0v) is 15.0. The van der Waals surface area contributed by atoms with Crippen LogP contribution in [0.2, 0.25) is 0 Å². The van der Waals surface area contributed by atoms with Gasteiger partial charge in [-0.25, -0.2) is 4.79 Å². The van der Waals surface area contributed by atoms with E-state index in [1.165, 1.54) is 6.26 Å². The Kier molecular flexibility index (Phi) is 4.53. The molecule has 0 radical (unpaired) electrons. The van der Waals surface area contributed by atoms with Crippen molar-refractivity contribution in [3.63, 3.8) is 0 Å². The van der Waals surface area contributed by atoms with Crippen LogP contribution in [0.25, 0.3) is 11.0 Å². The van der Waals surface area contributed by atoms with Gasteiger partial charge < -0.3 is 24.1 Å². The first-order valence-electron chi connectivity index (χ1n) is 8.82. The van der Waals surface area contributed by atoms with E-state index in [2.05, 4.69) is 10.5 Å². The Hall–Kier alpha value is -3.29. The zero-order chi connectivity index (χ0) is 18.8. The quantitative estimate of drug-likeness (QED) is 0.766. The van der Waals surface area contributed by atoms with Gasteiger partial charge in [0.25, 0.3) is 5.91 Å². The Morgan fingerprint density at radius 3 is 2.67 bits per heavy atom. The molecule has 1 fully saturated rings. The van der Waals surface area contributed by atoms with Gasteiger partial charge in [-0.2, -0.15) is 0 Å². The molecule has 0 aliphatic carbocycles. The first-order chi connectivity index (χ1) is 13.1. The van der Waals surface area contributed by atoms with Gasteiger partial charge >= 0.3 is 6.03 Å². The smallest absolute Gasteiger partial charge is 0.317 e. The minimum atomic E-state index is -0.177. The number of hydrogen-bond donors (Lipinski definition) is 1. The Labute approximate surface area is 155 Å². The lowest BCUT2D eigenvalue weighted by Gasteiger charge is -2.34. The second kappa shape index (κ2) is 7.14. The van der Waals surface area contributed by atoms with E-state index in [-0.39, 0.29) is 11.9 Å². The number of furan rings is 1. The van der Waals surface area contributed by atoms with Crippen molar-refractivity contribution in [1.82, 2.24) is 20.3 Å². The van der Waals surface area contributed by atoms with Crippen molar-refractivity contribution in [3.05, 3.63) is 53.6 Å².